The predicted molar refractivity (Wildman–Crippen MR) is 69.3 cm³/mol. The van der Waals surface area contributed by atoms with E-state index in [9.17, 15) is 0 Å². The summed E-state index contributed by atoms with van der Waals surface area (Å²) in [6.45, 7) is 4.16. The molecule has 1 aliphatic rings. The molecule has 0 aliphatic heterocycles. The van der Waals surface area contributed by atoms with E-state index in [1.54, 1.807) is 0 Å². The van der Waals surface area contributed by atoms with Crippen molar-refractivity contribution in [2.24, 2.45) is 5.73 Å². The van der Waals surface area contributed by atoms with Crippen molar-refractivity contribution >= 4 is 5.52 Å². The minimum Gasteiger partial charge on any atom is -0.328 e. The summed E-state index contributed by atoms with van der Waals surface area (Å²) in [4.78, 5) is 4.82. The van der Waals surface area contributed by atoms with Gasteiger partial charge in [-0.3, -0.25) is 0 Å². The highest BCUT2D eigenvalue weighted by Crippen LogP contribution is 2.40. The van der Waals surface area contributed by atoms with Crippen molar-refractivity contribution < 1.29 is 0 Å². The van der Waals surface area contributed by atoms with Crippen molar-refractivity contribution in [2.75, 3.05) is 0 Å². The fourth-order valence-electron chi connectivity index (χ4n) is 2.36. The van der Waals surface area contributed by atoms with Crippen LogP contribution in [0.2, 0.25) is 0 Å². The Balaban J connectivity index is 2.16. The first kappa shape index (κ1) is 10.8. The van der Waals surface area contributed by atoms with Crippen LogP contribution in [0.25, 0.3) is 5.52 Å². The Kier molecular flexibility index (Phi) is 2.44. The van der Waals surface area contributed by atoms with Gasteiger partial charge in [-0.25, -0.2) is 4.98 Å². The summed E-state index contributed by atoms with van der Waals surface area (Å²) in [7, 11) is 0. The molecule has 2 aromatic heterocycles. The van der Waals surface area contributed by atoms with E-state index < -0.39 is 0 Å². The molecule has 3 rings (SSSR count). The Morgan fingerprint density at radius 2 is 2.29 bits per heavy atom. The highest BCUT2D eigenvalue weighted by Gasteiger charge is 2.29. The van der Waals surface area contributed by atoms with Gasteiger partial charge in [0, 0.05) is 24.6 Å². The predicted octanol–water partition coefficient (Wildman–Crippen LogP) is 2.41. The smallest absolute Gasteiger partial charge is 0.116 e. The molecule has 3 nitrogen and oxygen atoms in total. The molecule has 2 heterocycles. The van der Waals surface area contributed by atoms with Gasteiger partial charge in [0.05, 0.1) is 11.2 Å². The summed E-state index contributed by atoms with van der Waals surface area (Å²) >= 11 is 0. The Morgan fingerprint density at radius 3 is 2.94 bits per heavy atom. The third kappa shape index (κ3) is 1.95. The molecule has 2 N–H and O–H groups in total. The average Bonchev–Trinajstić information content (AvgIpc) is 3.04. The quantitative estimate of drug-likeness (QED) is 0.878. The van der Waals surface area contributed by atoms with Crippen molar-refractivity contribution in [1.82, 2.24) is 9.38 Å². The molecule has 1 aliphatic carbocycles. The van der Waals surface area contributed by atoms with Crippen LogP contribution < -0.4 is 5.73 Å². The van der Waals surface area contributed by atoms with Gasteiger partial charge in [0.15, 0.2) is 0 Å². The summed E-state index contributed by atoms with van der Waals surface area (Å²) < 4.78 is 2.25. The molecule has 1 fully saturated rings. The number of hydrogen-bond donors (Lipinski definition) is 1. The summed E-state index contributed by atoms with van der Waals surface area (Å²) in [5.41, 5.74) is 9.59. The molecule has 0 aromatic carbocycles. The molecule has 0 spiro atoms. The average molecular weight is 229 g/mol. The molecule has 3 heteroatoms. The van der Waals surface area contributed by atoms with Gasteiger partial charge in [0.1, 0.15) is 5.82 Å². The van der Waals surface area contributed by atoms with Gasteiger partial charge in [-0.2, -0.15) is 0 Å². The molecule has 0 bridgehead atoms. The van der Waals surface area contributed by atoms with Crippen LogP contribution >= 0.6 is 0 Å². The third-order valence-corrected chi connectivity index (χ3v) is 3.36. The van der Waals surface area contributed by atoms with Gasteiger partial charge in [0.2, 0.25) is 0 Å². The number of imidazole rings is 1. The molecule has 0 saturated heterocycles. The van der Waals surface area contributed by atoms with Crippen molar-refractivity contribution in [3.63, 3.8) is 0 Å². The van der Waals surface area contributed by atoms with Gasteiger partial charge < -0.3 is 10.1 Å². The van der Waals surface area contributed by atoms with Crippen molar-refractivity contribution in [1.29, 1.82) is 0 Å². The van der Waals surface area contributed by atoms with Crippen molar-refractivity contribution in [3.8, 4) is 0 Å². The lowest BCUT2D eigenvalue weighted by Gasteiger charge is -2.03. The van der Waals surface area contributed by atoms with Crippen LogP contribution in [-0.4, -0.2) is 15.4 Å². The molecule has 1 saturated carbocycles. The van der Waals surface area contributed by atoms with Crippen LogP contribution in [-0.2, 0) is 6.42 Å². The van der Waals surface area contributed by atoms with Gasteiger partial charge in [-0.15, -0.1) is 0 Å². The van der Waals surface area contributed by atoms with E-state index in [4.69, 9.17) is 10.7 Å². The molecule has 1 unspecified atom stereocenters. The molecule has 17 heavy (non-hydrogen) atoms. The zero-order chi connectivity index (χ0) is 12.0. The van der Waals surface area contributed by atoms with Crippen LogP contribution in [0.3, 0.4) is 0 Å². The zero-order valence-electron chi connectivity index (χ0n) is 10.5. The van der Waals surface area contributed by atoms with Crippen LogP contribution in [0.5, 0.6) is 0 Å². The van der Waals surface area contributed by atoms with Crippen molar-refractivity contribution in [3.05, 3.63) is 35.4 Å². The Bertz CT molecular complexity index is 550. The second-order valence-corrected chi connectivity index (χ2v) is 5.33. The van der Waals surface area contributed by atoms with Gasteiger partial charge in [-0.05, 0) is 44.4 Å². The number of hydrogen-bond acceptors (Lipinski definition) is 2. The van der Waals surface area contributed by atoms with Crippen molar-refractivity contribution in [2.45, 2.75) is 45.1 Å². The summed E-state index contributed by atoms with van der Waals surface area (Å²) in [6.07, 6.45) is 5.57. The largest absolute Gasteiger partial charge is 0.328 e. The number of fused-ring (bicyclic) bond motifs is 1. The molecule has 0 amide bonds. The van der Waals surface area contributed by atoms with E-state index in [1.807, 2.05) is 6.92 Å². The first-order valence-corrected chi connectivity index (χ1v) is 6.38. The van der Waals surface area contributed by atoms with Gasteiger partial charge >= 0.3 is 0 Å². The van der Waals surface area contributed by atoms with Crippen LogP contribution in [0.4, 0.5) is 0 Å². The molecule has 2 aromatic rings. The van der Waals surface area contributed by atoms with Gasteiger partial charge in [0.25, 0.3) is 0 Å². The van der Waals surface area contributed by atoms with E-state index in [2.05, 4.69) is 29.7 Å². The zero-order valence-corrected chi connectivity index (χ0v) is 10.5. The van der Waals surface area contributed by atoms with E-state index >= 15 is 0 Å². The minimum absolute atomic E-state index is 0.168. The van der Waals surface area contributed by atoms with E-state index in [0.717, 1.165) is 12.1 Å². The normalized spacial score (nSPS) is 17.6. The summed E-state index contributed by atoms with van der Waals surface area (Å²) in [5.74, 6) is 1.91. The van der Waals surface area contributed by atoms with E-state index in [0.29, 0.717) is 5.92 Å². The Morgan fingerprint density at radius 1 is 1.53 bits per heavy atom. The molecular weight excluding hydrogens is 210 g/mol. The van der Waals surface area contributed by atoms with Crippen LogP contribution in [0, 0.1) is 6.92 Å². The monoisotopic (exact) mass is 229 g/mol. The van der Waals surface area contributed by atoms with E-state index in [-0.39, 0.29) is 6.04 Å². The summed E-state index contributed by atoms with van der Waals surface area (Å²) in [5, 5.41) is 0. The lowest BCUT2D eigenvalue weighted by Crippen LogP contribution is -2.18. The molecule has 1 atom stereocenters. The number of rotatable bonds is 3. The lowest BCUT2D eigenvalue weighted by atomic mass is 10.1. The minimum atomic E-state index is 0.168. The summed E-state index contributed by atoms with van der Waals surface area (Å²) in [6, 6.07) is 4.54. The van der Waals surface area contributed by atoms with Crippen LogP contribution in [0.1, 0.15) is 42.8 Å². The Hall–Kier alpha value is -1.35. The molecular formula is C14H19N3. The highest BCUT2D eigenvalue weighted by atomic mass is 15.0. The third-order valence-electron chi connectivity index (χ3n) is 3.36. The maximum atomic E-state index is 5.91. The van der Waals surface area contributed by atoms with Gasteiger partial charge in [-0.1, -0.05) is 0 Å². The molecule has 90 valence electrons. The lowest BCUT2D eigenvalue weighted by molar-refractivity contribution is 0.726. The highest BCUT2D eigenvalue weighted by molar-refractivity contribution is 5.55. The number of aromatic nitrogens is 2. The first-order valence-electron chi connectivity index (χ1n) is 6.38. The molecule has 0 radical (unpaired) electrons. The number of aryl methyl sites for hydroxylation is 1. The topological polar surface area (TPSA) is 43.3 Å². The second kappa shape index (κ2) is 3.84. The number of nitrogens with two attached hydrogens (primary N) is 1. The SMILES string of the molecule is Cc1ccn2c(C3CC3)nc(CC(C)N)c2c1. The second-order valence-electron chi connectivity index (χ2n) is 5.33. The maximum absolute atomic E-state index is 5.91. The standard InChI is InChI=1S/C14H19N3/c1-9-5-6-17-13(7-9)12(8-10(2)15)16-14(17)11-3-4-11/h5-7,10-11H,3-4,8,15H2,1-2H3. The fourth-order valence-corrected chi connectivity index (χ4v) is 2.36. The number of pyridine rings is 1. The number of nitrogens with zero attached hydrogens (tertiary/aromatic N) is 2. The Labute approximate surface area is 102 Å². The van der Waals surface area contributed by atoms with Crippen LogP contribution in [0.15, 0.2) is 18.3 Å². The fraction of sp³-hybridized carbons (Fsp3) is 0.500. The van der Waals surface area contributed by atoms with E-state index in [1.165, 1.54) is 29.7 Å². The first-order chi connectivity index (χ1) is 8.15. The maximum Gasteiger partial charge on any atom is 0.116 e.